The number of amides is 1. The first-order valence-corrected chi connectivity index (χ1v) is 6.65. The van der Waals surface area contributed by atoms with E-state index in [0.717, 1.165) is 28.7 Å². The molecule has 0 saturated carbocycles. The lowest BCUT2D eigenvalue weighted by Crippen LogP contribution is -2.37. The van der Waals surface area contributed by atoms with E-state index < -0.39 is 0 Å². The van der Waals surface area contributed by atoms with Crippen LogP contribution in [-0.2, 0) is 4.79 Å². The molecule has 0 bridgehead atoms. The second kappa shape index (κ2) is 6.64. The first-order chi connectivity index (χ1) is 8.06. The summed E-state index contributed by atoms with van der Waals surface area (Å²) in [4.78, 5) is 11.7. The second-order valence-electron chi connectivity index (χ2n) is 4.09. The van der Waals surface area contributed by atoms with E-state index in [1.165, 1.54) is 0 Å². The van der Waals surface area contributed by atoms with Crippen LogP contribution in [0.5, 0.6) is 0 Å². The Morgan fingerprint density at radius 1 is 1.47 bits per heavy atom. The zero-order chi connectivity index (χ0) is 12.8. The number of carbonyl (C=O) groups is 1. The van der Waals surface area contributed by atoms with Crippen molar-refractivity contribution in [3.05, 3.63) is 28.2 Å². The van der Waals surface area contributed by atoms with Gasteiger partial charge in [-0.05, 0) is 47.8 Å². The highest BCUT2D eigenvalue weighted by Gasteiger charge is 2.13. The monoisotopic (exact) mass is 298 g/mol. The smallest absolute Gasteiger partial charge is 0.242 e. The molecule has 1 amide bonds. The number of carbonyl (C=O) groups excluding carboxylic acids is 1. The number of rotatable bonds is 5. The summed E-state index contributed by atoms with van der Waals surface area (Å²) in [6.45, 7) is 6.65. The van der Waals surface area contributed by atoms with E-state index in [2.05, 4.69) is 26.6 Å². The molecular formula is C13H19BrN2O. The predicted molar refractivity (Wildman–Crippen MR) is 75.3 cm³/mol. The van der Waals surface area contributed by atoms with E-state index in [1.807, 2.05) is 39.0 Å². The van der Waals surface area contributed by atoms with Gasteiger partial charge in [-0.25, -0.2) is 0 Å². The van der Waals surface area contributed by atoms with Crippen molar-refractivity contribution < 1.29 is 4.79 Å². The van der Waals surface area contributed by atoms with Crippen molar-refractivity contribution in [2.45, 2.75) is 33.2 Å². The minimum atomic E-state index is -0.236. The zero-order valence-electron chi connectivity index (χ0n) is 10.5. The molecule has 4 heteroatoms. The Hall–Kier alpha value is -1.03. The second-order valence-corrected chi connectivity index (χ2v) is 4.89. The van der Waals surface area contributed by atoms with Gasteiger partial charge in [0.2, 0.25) is 5.91 Å². The van der Waals surface area contributed by atoms with E-state index >= 15 is 0 Å². The van der Waals surface area contributed by atoms with E-state index in [4.69, 9.17) is 0 Å². The lowest BCUT2D eigenvalue weighted by molar-refractivity contribution is -0.121. The number of anilines is 1. The van der Waals surface area contributed by atoms with Gasteiger partial charge < -0.3 is 10.6 Å². The van der Waals surface area contributed by atoms with Crippen LogP contribution in [0.4, 0.5) is 5.69 Å². The van der Waals surface area contributed by atoms with Crippen LogP contribution >= 0.6 is 15.9 Å². The number of benzene rings is 1. The highest BCUT2D eigenvalue weighted by atomic mass is 79.9. The molecule has 0 aliphatic rings. The van der Waals surface area contributed by atoms with Crippen molar-refractivity contribution in [3.63, 3.8) is 0 Å². The van der Waals surface area contributed by atoms with Crippen LogP contribution in [0.1, 0.15) is 25.8 Å². The largest absolute Gasteiger partial charge is 0.373 e. The molecule has 0 aliphatic heterocycles. The van der Waals surface area contributed by atoms with Gasteiger partial charge in [-0.3, -0.25) is 4.79 Å². The van der Waals surface area contributed by atoms with Gasteiger partial charge in [-0.2, -0.15) is 0 Å². The average molecular weight is 299 g/mol. The number of aryl methyl sites for hydroxylation is 1. The van der Waals surface area contributed by atoms with Crippen molar-refractivity contribution in [1.82, 2.24) is 5.32 Å². The third-order valence-corrected chi connectivity index (χ3v) is 3.56. The molecule has 2 N–H and O–H groups in total. The summed E-state index contributed by atoms with van der Waals surface area (Å²) in [5.41, 5.74) is 2.10. The summed E-state index contributed by atoms with van der Waals surface area (Å²) in [5.74, 6) is 0.0280. The summed E-state index contributed by atoms with van der Waals surface area (Å²) in [5, 5.41) is 6.07. The molecule has 1 atom stereocenters. The van der Waals surface area contributed by atoms with Gasteiger partial charge in [0.25, 0.3) is 0 Å². The lowest BCUT2D eigenvalue weighted by atomic mass is 10.2. The van der Waals surface area contributed by atoms with Crippen LogP contribution in [0.25, 0.3) is 0 Å². The van der Waals surface area contributed by atoms with Crippen LogP contribution in [-0.4, -0.2) is 18.5 Å². The lowest BCUT2D eigenvalue weighted by Gasteiger charge is -2.16. The van der Waals surface area contributed by atoms with E-state index in [0.29, 0.717) is 0 Å². The summed E-state index contributed by atoms with van der Waals surface area (Å²) in [7, 11) is 0. The third kappa shape index (κ3) is 4.04. The van der Waals surface area contributed by atoms with Crippen molar-refractivity contribution in [1.29, 1.82) is 0 Å². The Morgan fingerprint density at radius 2 is 2.18 bits per heavy atom. The Morgan fingerprint density at radius 3 is 2.82 bits per heavy atom. The van der Waals surface area contributed by atoms with E-state index in [-0.39, 0.29) is 11.9 Å². The number of nitrogens with one attached hydrogen (secondary N) is 2. The molecule has 0 aromatic heterocycles. The van der Waals surface area contributed by atoms with Crippen LogP contribution in [0.3, 0.4) is 0 Å². The minimum absolute atomic E-state index is 0.0280. The van der Waals surface area contributed by atoms with Gasteiger partial charge in [-0.15, -0.1) is 0 Å². The summed E-state index contributed by atoms with van der Waals surface area (Å²) in [6, 6.07) is 5.72. The number of hydrogen-bond acceptors (Lipinski definition) is 2. The fourth-order valence-corrected chi connectivity index (χ4v) is 1.84. The molecule has 0 radical (unpaired) electrons. The maximum atomic E-state index is 11.7. The molecule has 0 heterocycles. The highest BCUT2D eigenvalue weighted by Crippen LogP contribution is 2.26. The van der Waals surface area contributed by atoms with Crippen molar-refractivity contribution in [2.75, 3.05) is 11.9 Å². The zero-order valence-corrected chi connectivity index (χ0v) is 12.1. The maximum absolute atomic E-state index is 11.7. The van der Waals surface area contributed by atoms with Crippen LogP contribution in [0.2, 0.25) is 0 Å². The van der Waals surface area contributed by atoms with Gasteiger partial charge in [0, 0.05) is 16.7 Å². The standard InChI is InChI=1S/C13H19BrN2O/c1-4-8-15-13(17)10(3)16-11-7-5-6-9(2)12(11)14/h5-7,10,16H,4,8H2,1-3H3,(H,15,17). The fourth-order valence-electron chi connectivity index (χ4n) is 1.46. The third-order valence-electron chi connectivity index (χ3n) is 2.51. The molecular weight excluding hydrogens is 280 g/mol. The molecule has 0 spiro atoms. The van der Waals surface area contributed by atoms with Crippen LogP contribution < -0.4 is 10.6 Å². The highest BCUT2D eigenvalue weighted by molar-refractivity contribution is 9.10. The van der Waals surface area contributed by atoms with Gasteiger partial charge in [0.05, 0.1) is 0 Å². The normalized spacial score (nSPS) is 12.0. The predicted octanol–water partition coefficient (Wildman–Crippen LogP) is 3.08. The molecule has 1 rings (SSSR count). The average Bonchev–Trinajstić information content (AvgIpc) is 2.31. The van der Waals surface area contributed by atoms with Gasteiger partial charge in [-0.1, -0.05) is 19.1 Å². The quantitative estimate of drug-likeness (QED) is 0.877. The molecule has 0 saturated heterocycles. The van der Waals surface area contributed by atoms with Gasteiger partial charge in [0.1, 0.15) is 6.04 Å². The Balaban J connectivity index is 2.64. The van der Waals surface area contributed by atoms with Crippen molar-refractivity contribution in [2.24, 2.45) is 0 Å². The topological polar surface area (TPSA) is 41.1 Å². The molecule has 0 aliphatic carbocycles. The van der Waals surface area contributed by atoms with E-state index in [1.54, 1.807) is 0 Å². The fraction of sp³-hybridized carbons (Fsp3) is 0.462. The molecule has 1 unspecified atom stereocenters. The molecule has 17 heavy (non-hydrogen) atoms. The van der Waals surface area contributed by atoms with Crippen molar-refractivity contribution in [3.8, 4) is 0 Å². The Labute approximate surface area is 111 Å². The summed E-state index contributed by atoms with van der Waals surface area (Å²) < 4.78 is 1.01. The molecule has 3 nitrogen and oxygen atoms in total. The minimum Gasteiger partial charge on any atom is -0.373 e. The number of hydrogen-bond donors (Lipinski definition) is 2. The van der Waals surface area contributed by atoms with Crippen LogP contribution in [0.15, 0.2) is 22.7 Å². The molecule has 0 fully saturated rings. The van der Waals surface area contributed by atoms with E-state index in [9.17, 15) is 4.79 Å². The Kier molecular flexibility index (Phi) is 5.48. The van der Waals surface area contributed by atoms with Gasteiger partial charge in [0.15, 0.2) is 0 Å². The Bertz CT molecular complexity index is 393. The molecule has 94 valence electrons. The van der Waals surface area contributed by atoms with Crippen molar-refractivity contribution >= 4 is 27.5 Å². The first-order valence-electron chi connectivity index (χ1n) is 5.85. The maximum Gasteiger partial charge on any atom is 0.242 e. The SMILES string of the molecule is CCCNC(=O)C(C)Nc1cccc(C)c1Br. The summed E-state index contributed by atoms with van der Waals surface area (Å²) >= 11 is 3.52. The first kappa shape index (κ1) is 14.0. The molecule has 1 aromatic carbocycles. The summed E-state index contributed by atoms with van der Waals surface area (Å²) in [6.07, 6.45) is 0.951. The van der Waals surface area contributed by atoms with Gasteiger partial charge >= 0.3 is 0 Å². The van der Waals surface area contributed by atoms with Crippen LogP contribution in [0, 0.1) is 6.92 Å². The molecule has 1 aromatic rings. The number of halogens is 1.